The fraction of sp³-hybridized carbons (Fsp3) is 0.625. The molecule has 0 atom stereocenters. The van der Waals surface area contributed by atoms with Gasteiger partial charge in [0.05, 0.1) is 5.39 Å². The van der Waals surface area contributed by atoms with E-state index in [1.807, 2.05) is 17.6 Å². The lowest BCUT2D eigenvalue weighted by atomic mass is 9.94. The number of hydrogen-bond acceptors (Lipinski definition) is 5. The molecule has 0 unspecified atom stereocenters. The average Bonchev–Trinajstić information content (AvgIpc) is 2.75. The molecule has 0 bridgehead atoms. The summed E-state index contributed by atoms with van der Waals surface area (Å²) in [6, 6.07) is 3.05. The number of hydrogen-bond donors (Lipinski definition) is 1. The molecule has 2 N–H and O–H groups in total. The molecule has 1 saturated heterocycles. The van der Waals surface area contributed by atoms with E-state index in [-0.39, 0.29) is 5.54 Å². The number of rotatable bonds is 6. The molecular weight excluding hydrogens is 342 g/mol. The molecule has 1 fully saturated rings. The van der Waals surface area contributed by atoms with Crippen LogP contribution < -0.4 is 10.6 Å². The van der Waals surface area contributed by atoms with Crippen molar-refractivity contribution in [3.8, 4) is 0 Å². The zero-order chi connectivity index (χ0) is 17.5. The average molecular weight is 368 g/mol. The first-order valence-corrected chi connectivity index (χ1v) is 12.4. The summed E-state index contributed by atoms with van der Waals surface area (Å²) in [7, 11) is -1.09. The van der Waals surface area contributed by atoms with Gasteiger partial charge in [-0.15, -0.1) is 0 Å². The van der Waals surface area contributed by atoms with Gasteiger partial charge in [0.1, 0.15) is 29.7 Å². The fourth-order valence-corrected chi connectivity index (χ4v) is 3.90. The summed E-state index contributed by atoms with van der Waals surface area (Å²) in [4.78, 5) is 11.0. The Kier molecular flexibility index (Phi) is 4.63. The van der Waals surface area contributed by atoms with Gasteiger partial charge in [-0.05, 0) is 19.0 Å². The van der Waals surface area contributed by atoms with E-state index in [2.05, 4.69) is 34.5 Å². The molecule has 2 aromatic rings. The van der Waals surface area contributed by atoms with E-state index < -0.39 is 8.07 Å². The van der Waals surface area contributed by atoms with E-state index in [0.29, 0.717) is 11.9 Å². The van der Waals surface area contributed by atoms with Crippen LogP contribution in [-0.2, 0) is 11.5 Å². The quantitative estimate of drug-likeness (QED) is 0.628. The molecule has 1 aliphatic heterocycles. The summed E-state index contributed by atoms with van der Waals surface area (Å²) < 4.78 is 7.73. The largest absolute Gasteiger partial charge is 0.361 e. The molecule has 0 aliphatic carbocycles. The van der Waals surface area contributed by atoms with Crippen molar-refractivity contribution in [2.24, 2.45) is 5.73 Å². The second-order valence-corrected chi connectivity index (χ2v) is 14.2. The van der Waals surface area contributed by atoms with Crippen molar-refractivity contribution in [3.63, 3.8) is 0 Å². The van der Waals surface area contributed by atoms with E-state index in [1.54, 1.807) is 6.33 Å². The number of halogens is 1. The molecule has 0 amide bonds. The number of anilines is 1. The second-order valence-electron chi connectivity index (χ2n) is 8.19. The highest BCUT2D eigenvalue weighted by Crippen LogP contribution is 2.32. The molecule has 8 heteroatoms. The van der Waals surface area contributed by atoms with Crippen LogP contribution in [0, 0.1) is 0 Å². The third-order valence-electron chi connectivity index (χ3n) is 4.24. The maximum absolute atomic E-state index is 6.41. The third-order valence-corrected chi connectivity index (χ3v) is 6.26. The molecule has 0 aromatic carbocycles. The monoisotopic (exact) mass is 367 g/mol. The number of nitrogens with zero attached hydrogens (tertiary/aromatic N) is 4. The van der Waals surface area contributed by atoms with E-state index >= 15 is 0 Å². The van der Waals surface area contributed by atoms with Crippen LogP contribution in [0.5, 0.6) is 0 Å². The van der Waals surface area contributed by atoms with Crippen LogP contribution in [-0.4, -0.2) is 47.8 Å². The predicted molar refractivity (Wildman–Crippen MR) is 101 cm³/mol. The lowest BCUT2D eigenvalue weighted by Gasteiger charge is -2.46. The Balaban J connectivity index is 1.77. The molecule has 2 aromatic heterocycles. The van der Waals surface area contributed by atoms with E-state index in [9.17, 15) is 0 Å². The molecule has 132 valence electrons. The van der Waals surface area contributed by atoms with Gasteiger partial charge in [0.2, 0.25) is 0 Å². The smallest absolute Gasteiger partial charge is 0.148 e. The number of fused-ring (bicyclic) bond motifs is 1. The summed E-state index contributed by atoms with van der Waals surface area (Å²) >= 11 is 6.41. The van der Waals surface area contributed by atoms with Crippen molar-refractivity contribution in [1.29, 1.82) is 0 Å². The molecular formula is C16H26ClN5OSi. The third kappa shape index (κ3) is 3.74. The second kappa shape index (κ2) is 6.29. The Morgan fingerprint density at radius 3 is 2.67 bits per heavy atom. The number of ether oxygens (including phenoxy) is 1. The molecule has 6 nitrogen and oxygen atoms in total. The maximum Gasteiger partial charge on any atom is 0.148 e. The van der Waals surface area contributed by atoms with Gasteiger partial charge in [-0.1, -0.05) is 31.2 Å². The molecule has 0 saturated carbocycles. The molecule has 0 spiro atoms. The van der Waals surface area contributed by atoms with Crippen molar-refractivity contribution >= 4 is 36.5 Å². The van der Waals surface area contributed by atoms with Crippen molar-refractivity contribution in [2.45, 2.75) is 44.9 Å². The van der Waals surface area contributed by atoms with Crippen LogP contribution >= 0.6 is 11.6 Å². The van der Waals surface area contributed by atoms with E-state index in [4.69, 9.17) is 22.1 Å². The SMILES string of the molecule is CC1(N)CN(c2ncnc3c2cc(Cl)n3COCC[Si](C)(C)C)C1. The Hall–Kier alpha value is -1.15. The topological polar surface area (TPSA) is 69.2 Å². The van der Waals surface area contributed by atoms with Crippen LogP contribution in [0.1, 0.15) is 6.92 Å². The van der Waals surface area contributed by atoms with Crippen molar-refractivity contribution < 1.29 is 4.74 Å². The molecule has 1 aliphatic rings. The van der Waals surface area contributed by atoms with Gasteiger partial charge in [0.15, 0.2) is 0 Å². The Labute approximate surface area is 149 Å². The normalized spacial score (nSPS) is 17.3. The summed E-state index contributed by atoms with van der Waals surface area (Å²) in [6.45, 7) is 11.8. The summed E-state index contributed by atoms with van der Waals surface area (Å²) in [5.74, 6) is 0.894. The molecule has 3 rings (SSSR count). The van der Waals surface area contributed by atoms with Gasteiger partial charge in [-0.25, -0.2) is 9.97 Å². The minimum absolute atomic E-state index is 0.149. The fourth-order valence-electron chi connectivity index (χ4n) is 2.90. The van der Waals surface area contributed by atoms with Gasteiger partial charge < -0.3 is 15.4 Å². The van der Waals surface area contributed by atoms with Crippen molar-refractivity contribution in [3.05, 3.63) is 17.5 Å². The first kappa shape index (κ1) is 17.7. The highest BCUT2D eigenvalue weighted by atomic mass is 35.5. The van der Waals surface area contributed by atoms with Gasteiger partial charge in [-0.2, -0.15) is 0 Å². The summed E-state index contributed by atoms with van der Waals surface area (Å²) in [5, 5.41) is 1.57. The van der Waals surface area contributed by atoms with Crippen LogP contribution in [0.2, 0.25) is 30.8 Å². The lowest BCUT2D eigenvalue weighted by molar-refractivity contribution is 0.0900. The van der Waals surface area contributed by atoms with Crippen LogP contribution in [0.25, 0.3) is 11.0 Å². The molecule has 0 radical (unpaired) electrons. The van der Waals surface area contributed by atoms with Gasteiger partial charge >= 0.3 is 0 Å². The van der Waals surface area contributed by atoms with Gasteiger partial charge in [-0.3, -0.25) is 4.57 Å². The Bertz CT molecular complexity index is 732. The van der Waals surface area contributed by atoms with Crippen LogP contribution in [0.4, 0.5) is 5.82 Å². The van der Waals surface area contributed by atoms with Crippen molar-refractivity contribution in [2.75, 3.05) is 24.6 Å². The Morgan fingerprint density at radius 1 is 1.33 bits per heavy atom. The number of nitrogens with two attached hydrogens (primary N) is 1. The highest BCUT2D eigenvalue weighted by molar-refractivity contribution is 6.76. The molecule has 3 heterocycles. The van der Waals surface area contributed by atoms with Gasteiger partial charge in [0.25, 0.3) is 0 Å². The zero-order valence-corrected chi connectivity index (χ0v) is 16.6. The Morgan fingerprint density at radius 2 is 2.04 bits per heavy atom. The van der Waals surface area contributed by atoms with E-state index in [0.717, 1.165) is 42.6 Å². The van der Waals surface area contributed by atoms with E-state index in [1.165, 1.54) is 0 Å². The summed E-state index contributed by atoms with van der Waals surface area (Å²) in [6.07, 6.45) is 1.58. The standard InChI is InChI=1S/C16H26ClN5OSi/c1-16(18)8-21(9-16)14-12-7-13(17)22(15(12)20-10-19-14)11-23-5-6-24(2,3)4/h7,10H,5-6,8-9,11,18H2,1-4H3. The number of aromatic nitrogens is 3. The summed E-state index contributed by atoms with van der Waals surface area (Å²) in [5.41, 5.74) is 6.77. The lowest BCUT2D eigenvalue weighted by Crippen LogP contribution is -2.65. The van der Waals surface area contributed by atoms with Crippen LogP contribution in [0.3, 0.4) is 0 Å². The van der Waals surface area contributed by atoms with Crippen LogP contribution in [0.15, 0.2) is 12.4 Å². The zero-order valence-electron chi connectivity index (χ0n) is 14.8. The first-order chi connectivity index (χ1) is 11.2. The minimum atomic E-state index is -1.09. The van der Waals surface area contributed by atoms with Crippen molar-refractivity contribution in [1.82, 2.24) is 14.5 Å². The minimum Gasteiger partial charge on any atom is -0.361 e. The van der Waals surface area contributed by atoms with Gasteiger partial charge in [0, 0.05) is 33.3 Å². The molecule has 24 heavy (non-hydrogen) atoms. The predicted octanol–water partition coefficient (Wildman–Crippen LogP) is 2.93. The first-order valence-electron chi connectivity index (χ1n) is 8.28. The highest BCUT2D eigenvalue weighted by Gasteiger charge is 2.36. The maximum atomic E-state index is 6.41.